The van der Waals surface area contributed by atoms with Crippen molar-refractivity contribution >= 4 is 11.6 Å². The third-order valence-corrected chi connectivity index (χ3v) is 4.27. The standard InChI is InChI=1S/C16H22ClNO2/c17-15-6-2-1-5-14(15)16(10-18-12-7-8-12)20-11-13-4-3-9-19-13/h1-2,5-6,12-13,16,18H,3-4,7-11H2. The van der Waals surface area contributed by atoms with Gasteiger partial charge in [0.25, 0.3) is 0 Å². The van der Waals surface area contributed by atoms with E-state index in [4.69, 9.17) is 21.1 Å². The van der Waals surface area contributed by atoms with Crippen molar-refractivity contribution in [3.63, 3.8) is 0 Å². The first-order valence-electron chi connectivity index (χ1n) is 7.54. The molecule has 1 aliphatic carbocycles. The van der Waals surface area contributed by atoms with Crippen molar-refractivity contribution in [2.75, 3.05) is 19.8 Å². The Morgan fingerprint density at radius 2 is 2.15 bits per heavy atom. The number of benzene rings is 1. The molecule has 1 N–H and O–H groups in total. The minimum atomic E-state index is 0.00787. The zero-order valence-corrected chi connectivity index (χ0v) is 12.4. The van der Waals surface area contributed by atoms with Crippen LogP contribution in [-0.4, -0.2) is 31.9 Å². The van der Waals surface area contributed by atoms with Crippen molar-refractivity contribution in [3.8, 4) is 0 Å². The van der Waals surface area contributed by atoms with Crippen molar-refractivity contribution in [1.82, 2.24) is 5.32 Å². The summed E-state index contributed by atoms with van der Waals surface area (Å²) in [6, 6.07) is 8.62. The molecule has 1 saturated carbocycles. The number of halogens is 1. The van der Waals surface area contributed by atoms with Crippen LogP contribution >= 0.6 is 11.6 Å². The maximum absolute atomic E-state index is 6.31. The van der Waals surface area contributed by atoms with Crippen LogP contribution in [0.15, 0.2) is 24.3 Å². The molecule has 0 spiro atoms. The molecule has 1 saturated heterocycles. The van der Waals surface area contributed by atoms with Gasteiger partial charge in [-0.3, -0.25) is 0 Å². The first kappa shape index (κ1) is 14.3. The van der Waals surface area contributed by atoms with E-state index >= 15 is 0 Å². The van der Waals surface area contributed by atoms with Crippen LogP contribution < -0.4 is 5.32 Å². The van der Waals surface area contributed by atoms with Crippen LogP contribution in [0, 0.1) is 0 Å². The second kappa shape index (κ2) is 6.90. The van der Waals surface area contributed by atoms with Crippen molar-refractivity contribution in [1.29, 1.82) is 0 Å². The van der Waals surface area contributed by atoms with Gasteiger partial charge in [-0.2, -0.15) is 0 Å². The van der Waals surface area contributed by atoms with E-state index in [9.17, 15) is 0 Å². The van der Waals surface area contributed by atoms with Gasteiger partial charge >= 0.3 is 0 Å². The van der Waals surface area contributed by atoms with E-state index in [-0.39, 0.29) is 12.2 Å². The van der Waals surface area contributed by atoms with Crippen molar-refractivity contribution in [2.24, 2.45) is 0 Å². The monoisotopic (exact) mass is 295 g/mol. The summed E-state index contributed by atoms with van der Waals surface area (Å²) in [5.41, 5.74) is 1.07. The number of hydrogen-bond acceptors (Lipinski definition) is 3. The van der Waals surface area contributed by atoms with Crippen LogP contribution in [0.5, 0.6) is 0 Å². The highest BCUT2D eigenvalue weighted by Crippen LogP contribution is 2.27. The molecule has 1 heterocycles. The van der Waals surface area contributed by atoms with Gasteiger partial charge in [0.15, 0.2) is 0 Å². The maximum atomic E-state index is 6.31. The lowest BCUT2D eigenvalue weighted by molar-refractivity contribution is -0.0210. The fraction of sp³-hybridized carbons (Fsp3) is 0.625. The number of ether oxygens (including phenoxy) is 2. The number of hydrogen-bond donors (Lipinski definition) is 1. The summed E-state index contributed by atoms with van der Waals surface area (Å²) in [6.07, 6.45) is 5.06. The molecule has 2 aliphatic rings. The lowest BCUT2D eigenvalue weighted by Gasteiger charge is -2.22. The highest BCUT2D eigenvalue weighted by Gasteiger charge is 2.25. The Bertz CT molecular complexity index is 430. The zero-order valence-electron chi connectivity index (χ0n) is 11.7. The number of nitrogens with one attached hydrogen (secondary N) is 1. The minimum absolute atomic E-state index is 0.00787. The van der Waals surface area contributed by atoms with Crippen LogP contribution in [0.3, 0.4) is 0 Å². The van der Waals surface area contributed by atoms with E-state index in [1.165, 1.54) is 12.8 Å². The average Bonchev–Trinajstić information content (AvgIpc) is 3.14. The van der Waals surface area contributed by atoms with Gasteiger partial charge in [-0.15, -0.1) is 0 Å². The van der Waals surface area contributed by atoms with Crippen LogP contribution in [0.25, 0.3) is 0 Å². The van der Waals surface area contributed by atoms with Gasteiger partial charge in [0.05, 0.1) is 18.8 Å². The third kappa shape index (κ3) is 3.95. The van der Waals surface area contributed by atoms with Crippen molar-refractivity contribution in [2.45, 2.75) is 43.9 Å². The highest BCUT2D eigenvalue weighted by atomic mass is 35.5. The Balaban J connectivity index is 1.60. The van der Waals surface area contributed by atoms with E-state index in [1.54, 1.807) is 0 Å². The molecular formula is C16H22ClNO2. The van der Waals surface area contributed by atoms with Gasteiger partial charge < -0.3 is 14.8 Å². The summed E-state index contributed by atoms with van der Waals surface area (Å²) in [4.78, 5) is 0. The van der Waals surface area contributed by atoms with Gasteiger partial charge in [-0.1, -0.05) is 29.8 Å². The van der Waals surface area contributed by atoms with E-state index in [0.29, 0.717) is 12.6 Å². The smallest absolute Gasteiger partial charge is 0.0964 e. The Kier molecular flexibility index (Phi) is 4.94. The van der Waals surface area contributed by atoms with E-state index in [0.717, 1.165) is 36.6 Å². The van der Waals surface area contributed by atoms with Gasteiger partial charge in [0, 0.05) is 29.8 Å². The molecule has 0 bridgehead atoms. The van der Waals surface area contributed by atoms with Gasteiger partial charge in [-0.05, 0) is 31.7 Å². The Hall–Kier alpha value is -0.610. The predicted molar refractivity (Wildman–Crippen MR) is 80.1 cm³/mol. The molecular weight excluding hydrogens is 274 g/mol. The first-order chi connectivity index (χ1) is 9.83. The Labute approximate surface area is 125 Å². The lowest BCUT2D eigenvalue weighted by Crippen LogP contribution is -2.27. The molecule has 2 atom stereocenters. The molecule has 20 heavy (non-hydrogen) atoms. The lowest BCUT2D eigenvalue weighted by atomic mass is 10.1. The van der Waals surface area contributed by atoms with E-state index < -0.39 is 0 Å². The summed E-state index contributed by atoms with van der Waals surface area (Å²) in [5.74, 6) is 0. The van der Waals surface area contributed by atoms with E-state index in [1.807, 2.05) is 18.2 Å². The molecule has 110 valence electrons. The third-order valence-electron chi connectivity index (χ3n) is 3.93. The van der Waals surface area contributed by atoms with Crippen molar-refractivity contribution < 1.29 is 9.47 Å². The summed E-state index contributed by atoms with van der Waals surface area (Å²) >= 11 is 6.31. The second-order valence-corrected chi connectivity index (χ2v) is 6.07. The maximum Gasteiger partial charge on any atom is 0.0964 e. The SMILES string of the molecule is Clc1ccccc1C(CNC1CC1)OCC1CCCO1. The van der Waals surface area contributed by atoms with Crippen LogP contribution in [0.2, 0.25) is 5.02 Å². The van der Waals surface area contributed by atoms with Gasteiger partial charge in [-0.25, -0.2) is 0 Å². The average molecular weight is 296 g/mol. The summed E-state index contributed by atoms with van der Waals surface area (Å²) < 4.78 is 11.7. The number of rotatable bonds is 7. The predicted octanol–water partition coefficient (Wildman–Crippen LogP) is 3.33. The summed E-state index contributed by atoms with van der Waals surface area (Å²) in [6.45, 7) is 2.34. The Morgan fingerprint density at radius 3 is 2.85 bits per heavy atom. The topological polar surface area (TPSA) is 30.5 Å². The molecule has 4 heteroatoms. The van der Waals surface area contributed by atoms with Crippen LogP contribution in [-0.2, 0) is 9.47 Å². The molecule has 3 rings (SSSR count). The summed E-state index contributed by atoms with van der Waals surface area (Å²) in [7, 11) is 0. The van der Waals surface area contributed by atoms with Crippen molar-refractivity contribution in [3.05, 3.63) is 34.9 Å². The fourth-order valence-electron chi connectivity index (χ4n) is 2.56. The van der Waals surface area contributed by atoms with Crippen LogP contribution in [0.1, 0.15) is 37.4 Å². The summed E-state index contributed by atoms with van der Waals surface area (Å²) in [5, 5.41) is 4.31. The fourth-order valence-corrected chi connectivity index (χ4v) is 2.81. The molecule has 2 fully saturated rings. The molecule has 2 unspecified atom stereocenters. The zero-order chi connectivity index (χ0) is 13.8. The van der Waals surface area contributed by atoms with Crippen LogP contribution in [0.4, 0.5) is 0 Å². The molecule has 0 radical (unpaired) electrons. The normalized spacial score (nSPS) is 23.9. The quantitative estimate of drug-likeness (QED) is 0.837. The second-order valence-electron chi connectivity index (χ2n) is 5.66. The molecule has 1 aliphatic heterocycles. The molecule has 0 aromatic heterocycles. The largest absolute Gasteiger partial charge is 0.376 e. The van der Waals surface area contributed by atoms with Gasteiger partial charge in [0.2, 0.25) is 0 Å². The molecule has 3 nitrogen and oxygen atoms in total. The van der Waals surface area contributed by atoms with E-state index in [2.05, 4.69) is 11.4 Å². The highest BCUT2D eigenvalue weighted by molar-refractivity contribution is 6.31. The molecule has 1 aromatic rings. The first-order valence-corrected chi connectivity index (χ1v) is 7.92. The van der Waals surface area contributed by atoms with Gasteiger partial charge in [0.1, 0.15) is 0 Å². The molecule has 1 aromatic carbocycles. The Morgan fingerprint density at radius 1 is 1.30 bits per heavy atom. The molecule has 0 amide bonds. The minimum Gasteiger partial charge on any atom is -0.376 e.